The number of para-hydroxylation sites is 1. The molecule has 3 rings (SSSR count). The summed E-state index contributed by atoms with van der Waals surface area (Å²) >= 11 is 3.48. The Morgan fingerprint density at radius 2 is 2.21 bits per heavy atom. The summed E-state index contributed by atoms with van der Waals surface area (Å²) in [6, 6.07) is 10.1. The lowest BCUT2D eigenvalue weighted by atomic mass is 10.0. The lowest BCUT2D eigenvalue weighted by Crippen LogP contribution is -2.21. The monoisotopic (exact) mass is 319 g/mol. The van der Waals surface area contributed by atoms with Crippen LogP contribution in [0.1, 0.15) is 18.0 Å². The van der Waals surface area contributed by atoms with E-state index in [4.69, 9.17) is 10.5 Å². The highest BCUT2D eigenvalue weighted by Crippen LogP contribution is 2.35. The number of aromatic nitrogens is 1. The van der Waals surface area contributed by atoms with E-state index in [-0.39, 0.29) is 6.04 Å². The summed E-state index contributed by atoms with van der Waals surface area (Å²) < 4.78 is 6.52. The van der Waals surface area contributed by atoms with Crippen LogP contribution in [0.2, 0.25) is 0 Å². The molecule has 1 unspecified atom stereocenters. The predicted octanol–water partition coefficient (Wildman–Crippen LogP) is 3.36. The maximum absolute atomic E-state index is 5.70. The van der Waals surface area contributed by atoms with Crippen LogP contribution in [-0.2, 0) is 0 Å². The largest absolute Gasteiger partial charge is 0.493 e. The van der Waals surface area contributed by atoms with Crippen LogP contribution in [0, 0.1) is 0 Å². The lowest BCUT2D eigenvalue weighted by molar-refractivity contribution is 0.274. The third-order valence-corrected chi connectivity index (χ3v) is 3.74. The van der Waals surface area contributed by atoms with E-state index in [0.717, 1.165) is 22.5 Å². The number of benzene rings is 1. The van der Waals surface area contributed by atoms with Crippen LogP contribution in [0.15, 0.2) is 41.0 Å². The van der Waals surface area contributed by atoms with Gasteiger partial charge in [-0.05, 0) is 28.1 Å². The number of hydrogen-bond acceptors (Lipinski definition) is 4. The van der Waals surface area contributed by atoms with Crippen molar-refractivity contribution in [3.05, 3.63) is 46.6 Å². The molecule has 1 aliphatic rings. The Kier molecular flexibility index (Phi) is 3.29. The number of fused-ring (bicyclic) bond motifs is 1. The molecule has 0 spiro atoms. The number of nitrogens with zero attached hydrogens (tertiary/aromatic N) is 1. The first-order chi connectivity index (χ1) is 9.24. The van der Waals surface area contributed by atoms with Crippen LogP contribution in [0.4, 0.5) is 11.5 Å². The van der Waals surface area contributed by atoms with Gasteiger partial charge in [0.2, 0.25) is 0 Å². The quantitative estimate of drug-likeness (QED) is 0.891. The second-order valence-electron chi connectivity index (χ2n) is 4.47. The van der Waals surface area contributed by atoms with Gasteiger partial charge in [-0.15, -0.1) is 0 Å². The van der Waals surface area contributed by atoms with Crippen molar-refractivity contribution in [1.29, 1.82) is 0 Å². The highest BCUT2D eigenvalue weighted by molar-refractivity contribution is 9.10. The van der Waals surface area contributed by atoms with E-state index in [1.165, 1.54) is 5.56 Å². The summed E-state index contributed by atoms with van der Waals surface area (Å²) in [5.74, 6) is 1.74. The van der Waals surface area contributed by atoms with E-state index >= 15 is 0 Å². The average Bonchev–Trinajstić information content (AvgIpc) is 2.42. The summed E-state index contributed by atoms with van der Waals surface area (Å²) in [4.78, 5) is 4.32. The van der Waals surface area contributed by atoms with Gasteiger partial charge in [0.25, 0.3) is 0 Å². The van der Waals surface area contributed by atoms with Crippen molar-refractivity contribution in [2.24, 2.45) is 0 Å². The van der Waals surface area contributed by atoms with E-state index in [0.29, 0.717) is 12.3 Å². The van der Waals surface area contributed by atoms with Crippen molar-refractivity contribution in [2.75, 3.05) is 17.7 Å². The molecule has 2 aromatic rings. The molecule has 0 radical (unpaired) electrons. The minimum atomic E-state index is 0.206. The minimum Gasteiger partial charge on any atom is -0.493 e. The SMILES string of the molecule is Nc1cnc(NC2CCOc3ccccc32)c(Br)c1. The molecule has 0 saturated carbocycles. The number of nitrogen functional groups attached to an aromatic ring is 1. The molecule has 0 saturated heterocycles. The number of nitrogens with two attached hydrogens (primary N) is 1. The highest BCUT2D eigenvalue weighted by Gasteiger charge is 2.21. The molecule has 1 atom stereocenters. The Morgan fingerprint density at radius 1 is 1.37 bits per heavy atom. The van der Waals surface area contributed by atoms with Crippen molar-refractivity contribution in [3.8, 4) is 5.75 Å². The van der Waals surface area contributed by atoms with Crippen LogP contribution in [-0.4, -0.2) is 11.6 Å². The second-order valence-corrected chi connectivity index (χ2v) is 5.33. The molecule has 1 aliphatic heterocycles. The summed E-state index contributed by atoms with van der Waals surface area (Å²) in [5.41, 5.74) is 7.51. The molecule has 1 aromatic heterocycles. The topological polar surface area (TPSA) is 60.2 Å². The Labute approximate surface area is 120 Å². The Morgan fingerprint density at radius 3 is 3.05 bits per heavy atom. The molecule has 0 amide bonds. The molecule has 98 valence electrons. The number of ether oxygens (including phenoxy) is 1. The molecule has 4 nitrogen and oxygen atoms in total. The maximum Gasteiger partial charge on any atom is 0.140 e. The van der Waals surface area contributed by atoms with E-state index in [1.54, 1.807) is 6.20 Å². The minimum absolute atomic E-state index is 0.206. The number of pyridine rings is 1. The van der Waals surface area contributed by atoms with Crippen molar-refractivity contribution < 1.29 is 4.74 Å². The van der Waals surface area contributed by atoms with Crippen LogP contribution in [0.3, 0.4) is 0 Å². The first-order valence-electron chi connectivity index (χ1n) is 6.13. The number of anilines is 2. The fraction of sp³-hybridized carbons (Fsp3) is 0.214. The zero-order valence-electron chi connectivity index (χ0n) is 10.3. The number of halogens is 1. The van der Waals surface area contributed by atoms with Gasteiger partial charge in [0.15, 0.2) is 0 Å². The Balaban J connectivity index is 1.88. The van der Waals surface area contributed by atoms with Gasteiger partial charge in [0.1, 0.15) is 11.6 Å². The maximum atomic E-state index is 5.70. The summed E-state index contributed by atoms with van der Waals surface area (Å²) in [6.45, 7) is 0.710. The molecule has 2 heterocycles. The summed E-state index contributed by atoms with van der Waals surface area (Å²) in [7, 11) is 0. The molecule has 0 aliphatic carbocycles. The zero-order valence-corrected chi connectivity index (χ0v) is 11.9. The smallest absolute Gasteiger partial charge is 0.140 e. The number of rotatable bonds is 2. The fourth-order valence-electron chi connectivity index (χ4n) is 2.22. The van der Waals surface area contributed by atoms with E-state index in [2.05, 4.69) is 32.3 Å². The number of hydrogen-bond donors (Lipinski definition) is 2. The second kappa shape index (κ2) is 5.09. The van der Waals surface area contributed by atoms with Gasteiger partial charge in [-0.2, -0.15) is 0 Å². The first kappa shape index (κ1) is 12.3. The van der Waals surface area contributed by atoms with Gasteiger partial charge in [-0.25, -0.2) is 4.98 Å². The van der Waals surface area contributed by atoms with Crippen LogP contribution in [0.5, 0.6) is 5.75 Å². The van der Waals surface area contributed by atoms with Crippen molar-refractivity contribution >= 4 is 27.4 Å². The zero-order chi connectivity index (χ0) is 13.2. The molecule has 0 fully saturated rings. The molecule has 1 aromatic carbocycles. The van der Waals surface area contributed by atoms with Gasteiger partial charge in [0.05, 0.1) is 29.0 Å². The predicted molar refractivity (Wildman–Crippen MR) is 79.3 cm³/mol. The average molecular weight is 320 g/mol. The van der Waals surface area contributed by atoms with Gasteiger partial charge in [-0.1, -0.05) is 18.2 Å². The standard InChI is InChI=1S/C14H14BrN3O/c15-11-7-9(16)8-17-14(11)18-12-5-6-19-13-4-2-1-3-10(12)13/h1-4,7-8,12H,5-6,16H2,(H,17,18). The van der Waals surface area contributed by atoms with E-state index < -0.39 is 0 Å². The van der Waals surface area contributed by atoms with Crippen LogP contribution < -0.4 is 15.8 Å². The van der Waals surface area contributed by atoms with E-state index in [9.17, 15) is 0 Å². The van der Waals surface area contributed by atoms with Crippen LogP contribution in [0.25, 0.3) is 0 Å². The van der Waals surface area contributed by atoms with Gasteiger partial charge < -0.3 is 15.8 Å². The molecular formula is C14H14BrN3O. The van der Waals surface area contributed by atoms with Gasteiger partial charge in [-0.3, -0.25) is 0 Å². The molecule has 3 N–H and O–H groups in total. The Bertz CT molecular complexity index is 603. The molecular weight excluding hydrogens is 306 g/mol. The molecule has 5 heteroatoms. The summed E-state index contributed by atoms with van der Waals surface area (Å²) in [5, 5.41) is 3.44. The fourth-order valence-corrected chi connectivity index (χ4v) is 2.70. The van der Waals surface area contributed by atoms with E-state index in [1.807, 2.05) is 24.3 Å². The Hall–Kier alpha value is -1.75. The third kappa shape index (κ3) is 2.51. The highest BCUT2D eigenvalue weighted by atomic mass is 79.9. The number of nitrogens with one attached hydrogen (secondary N) is 1. The van der Waals surface area contributed by atoms with Crippen molar-refractivity contribution in [2.45, 2.75) is 12.5 Å². The van der Waals surface area contributed by atoms with Crippen molar-refractivity contribution in [3.63, 3.8) is 0 Å². The molecule has 0 bridgehead atoms. The normalized spacial score (nSPS) is 17.4. The van der Waals surface area contributed by atoms with Crippen LogP contribution >= 0.6 is 15.9 Å². The summed E-state index contributed by atoms with van der Waals surface area (Å²) in [6.07, 6.45) is 2.56. The first-order valence-corrected chi connectivity index (χ1v) is 6.92. The van der Waals surface area contributed by atoms with Crippen molar-refractivity contribution in [1.82, 2.24) is 4.98 Å². The van der Waals surface area contributed by atoms with Gasteiger partial charge >= 0.3 is 0 Å². The third-order valence-electron chi connectivity index (χ3n) is 3.13. The lowest BCUT2D eigenvalue weighted by Gasteiger charge is -2.27. The molecule has 19 heavy (non-hydrogen) atoms. The van der Waals surface area contributed by atoms with Gasteiger partial charge in [0, 0.05) is 12.0 Å².